The van der Waals surface area contributed by atoms with Crippen LogP contribution in [0.25, 0.3) is 11.3 Å². The first-order valence-corrected chi connectivity index (χ1v) is 8.88. The lowest BCUT2D eigenvalue weighted by Crippen LogP contribution is -2.62. The Balaban J connectivity index is 1.80. The van der Waals surface area contributed by atoms with E-state index in [-0.39, 0.29) is 11.1 Å². The molecule has 140 valence electrons. The van der Waals surface area contributed by atoms with Crippen LogP contribution < -0.4 is 10.2 Å². The van der Waals surface area contributed by atoms with Gasteiger partial charge in [-0.3, -0.25) is 0 Å². The second-order valence-electron chi connectivity index (χ2n) is 8.47. The average molecular weight is 360 g/mol. The van der Waals surface area contributed by atoms with Gasteiger partial charge in [-0.25, -0.2) is 8.78 Å². The monoisotopic (exact) mass is 360 g/mol. The maximum Gasteiger partial charge on any atom is 0.159 e. The fourth-order valence-electron chi connectivity index (χ4n) is 4.05. The standard InChI is InChI=1S/C20H26F2N4/c1-19(2)11-14(12-20(3,4)25-19)26(5)18-9-8-17(23-24-18)13-6-7-15(21)16(22)10-13/h6-10,14,25H,11-12H2,1-5H3. The highest BCUT2D eigenvalue weighted by Crippen LogP contribution is 2.32. The fraction of sp³-hybridized carbons (Fsp3) is 0.500. The minimum absolute atomic E-state index is 0.0414. The molecule has 1 aromatic heterocycles. The molecule has 2 heterocycles. The predicted molar refractivity (Wildman–Crippen MR) is 100 cm³/mol. The van der Waals surface area contributed by atoms with E-state index in [1.54, 1.807) is 6.07 Å². The summed E-state index contributed by atoms with van der Waals surface area (Å²) in [6.07, 6.45) is 2.00. The summed E-state index contributed by atoms with van der Waals surface area (Å²) in [7, 11) is 2.03. The van der Waals surface area contributed by atoms with Crippen molar-refractivity contribution in [1.29, 1.82) is 0 Å². The molecule has 6 heteroatoms. The molecule has 3 rings (SSSR count). The lowest BCUT2D eigenvalue weighted by atomic mass is 9.79. The Morgan fingerprint density at radius 1 is 0.962 bits per heavy atom. The molecule has 0 aliphatic carbocycles. The van der Waals surface area contributed by atoms with Crippen molar-refractivity contribution >= 4 is 5.82 Å². The van der Waals surface area contributed by atoms with E-state index in [0.717, 1.165) is 30.8 Å². The number of rotatable bonds is 3. The number of piperidine rings is 1. The van der Waals surface area contributed by atoms with Crippen LogP contribution in [-0.2, 0) is 0 Å². The maximum absolute atomic E-state index is 13.4. The lowest BCUT2D eigenvalue weighted by Gasteiger charge is -2.49. The van der Waals surface area contributed by atoms with Crippen LogP contribution in [0.5, 0.6) is 0 Å². The molecule has 26 heavy (non-hydrogen) atoms. The summed E-state index contributed by atoms with van der Waals surface area (Å²) in [6, 6.07) is 7.76. The fourth-order valence-corrected chi connectivity index (χ4v) is 4.05. The smallest absolute Gasteiger partial charge is 0.159 e. The minimum Gasteiger partial charge on any atom is -0.355 e. The summed E-state index contributed by atoms with van der Waals surface area (Å²) in [5.41, 5.74) is 1.11. The SMILES string of the molecule is CN(c1ccc(-c2ccc(F)c(F)c2)nn1)C1CC(C)(C)NC(C)(C)C1. The first kappa shape index (κ1) is 18.7. The number of hydrogen-bond acceptors (Lipinski definition) is 4. The Morgan fingerprint density at radius 3 is 2.15 bits per heavy atom. The van der Waals surface area contributed by atoms with Crippen LogP contribution in [0, 0.1) is 11.6 Å². The van der Waals surface area contributed by atoms with Gasteiger partial charge in [-0.2, -0.15) is 0 Å². The van der Waals surface area contributed by atoms with Crippen LogP contribution in [0.3, 0.4) is 0 Å². The largest absolute Gasteiger partial charge is 0.355 e. The van der Waals surface area contributed by atoms with Gasteiger partial charge in [0.15, 0.2) is 17.5 Å². The number of benzene rings is 1. The van der Waals surface area contributed by atoms with E-state index in [4.69, 9.17) is 0 Å². The van der Waals surface area contributed by atoms with Gasteiger partial charge in [-0.1, -0.05) is 0 Å². The number of nitrogens with one attached hydrogen (secondary N) is 1. The van der Waals surface area contributed by atoms with Gasteiger partial charge in [0, 0.05) is 29.7 Å². The topological polar surface area (TPSA) is 41.1 Å². The van der Waals surface area contributed by atoms with E-state index in [9.17, 15) is 8.78 Å². The molecule has 0 unspecified atom stereocenters. The third kappa shape index (κ3) is 4.01. The highest BCUT2D eigenvalue weighted by molar-refractivity contribution is 5.59. The molecule has 0 spiro atoms. The number of nitrogens with zero attached hydrogens (tertiary/aromatic N) is 3. The van der Waals surface area contributed by atoms with Gasteiger partial charge >= 0.3 is 0 Å². The van der Waals surface area contributed by atoms with Gasteiger partial charge in [0.25, 0.3) is 0 Å². The van der Waals surface area contributed by atoms with E-state index < -0.39 is 11.6 Å². The van der Waals surface area contributed by atoms with Gasteiger partial charge < -0.3 is 10.2 Å². The summed E-state index contributed by atoms with van der Waals surface area (Å²) in [4.78, 5) is 2.16. The molecule has 2 aromatic rings. The molecule has 0 radical (unpaired) electrons. The van der Waals surface area contributed by atoms with E-state index in [1.807, 2.05) is 13.1 Å². The Bertz CT molecular complexity index is 771. The summed E-state index contributed by atoms with van der Waals surface area (Å²) < 4.78 is 26.5. The molecule has 1 aromatic carbocycles. The molecule has 1 fully saturated rings. The Hall–Kier alpha value is -2.08. The molecule has 1 saturated heterocycles. The molecule has 0 amide bonds. The second-order valence-corrected chi connectivity index (χ2v) is 8.47. The van der Waals surface area contributed by atoms with Crippen molar-refractivity contribution in [3.05, 3.63) is 42.0 Å². The van der Waals surface area contributed by atoms with E-state index >= 15 is 0 Å². The summed E-state index contributed by atoms with van der Waals surface area (Å²) in [5, 5.41) is 12.2. The van der Waals surface area contributed by atoms with E-state index in [0.29, 0.717) is 17.3 Å². The normalized spacial score (nSPS) is 19.3. The number of anilines is 1. The van der Waals surface area contributed by atoms with Crippen molar-refractivity contribution in [1.82, 2.24) is 15.5 Å². The van der Waals surface area contributed by atoms with Gasteiger partial charge in [-0.05, 0) is 70.9 Å². The van der Waals surface area contributed by atoms with Crippen molar-refractivity contribution in [2.75, 3.05) is 11.9 Å². The van der Waals surface area contributed by atoms with Crippen molar-refractivity contribution in [3.63, 3.8) is 0 Å². The molecule has 4 nitrogen and oxygen atoms in total. The molecular formula is C20H26F2N4. The zero-order valence-electron chi connectivity index (χ0n) is 16.0. The summed E-state index contributed by atoms with van der Waals surface area (Å²) >= 11 is 0. The van der Waals surface area contributed by atoms with Gasteiger partial charge in [-0.15, -0.1) is 10.2 Å². The Kier molecular flexibility index (Phi) is 4.73. The highest BCUT2D eigenvalue weighted by atomic mass is 19.2. The van der Waals surface area contributed by atoms with Gasteiger partial charge in [0.1, 0.15) is 0 Å². The maximum atomic E-state index is 13.4. The van der Waals surface area contributed by atoms with Crippen LogP contribution in [0.15, 0.2) is 30.3 Å². The molecule has 1 aliphatic heterocycles. The molecule has 0 bridgehead atoms. The van der Waals surface area contributed by atoms with Crippen LogP contribution in [0.2, 0.25) is 0 Å². The van der Waals surface area contributed by atoms with E-state index in [2.05, 4.69) is 48.1 Å². The quantitative estimate of drug-likeness (QED) is 0.892. The van der Waals surface area contributed by atoms with Crippen molar-refractivity contribution in [2.24, 2.45) is 0 Å². The molecule has 0 atom stereocenters. The average Bonchev–Trinajstić information content (AvgIpc) is 2.54. The van der Waals surface area contributed by atoms with E-state index in [1.165, 1.54) is 6.07 Å². The zero-order chi connectivity index (χ0) is 19.1. The Labute approximate surface area is 153 Å². The first-order valence-electron chi connectivity index (χ1n) is 8.88. The van der Waals surface area contributed by atoms with Crippen LogP contribution in [0.4, 0.5) is 14.6 Å². The second kappa shape index (κ2) is 6.58. The molecule has 1 N–H and O–H groups in total. The molecule has 1 aliphatic rings. The third-order valence-corrected chi connectivity index (χ3v) is 4.94. The van der Waals surface area contributed by atoms with Crippen LogP contribution in [-0.4, -0.2) is 34.4 Å². The molecule has 0 saturated carbocycles. The van der Waals surface area contributed by atoms with Crippen molar-refractivity contribution < 1.29 is 8.78 Å². The third-order valence-electron chi connectivity index (χ3n) is 4.94. The zero-order valence-corrected chi connectivity index (χ0v) is 16.0. The van der Waals surface area contributed by atoms with Crippen molar-refractivity contribution in [2.45, 2.75) is 57.7 Å². The van der Waals surface area contributed by atoms with Crippen LogP contribution >= 0.6 is 0 Å². The number of aromatic nitrogens is 2. The Morgan fingerprint density at radius 2 is 1.62 bits per heavy atom. The number of halogens is 2. The number of hydrogen-bond donors (Lipinski definition) is 1. The lowest BCUT2D eigenvalue weighted by molar-refractivity contribution is 0.160. The summed E-state index contributed by atoms with van der Waals surface area (Å²) in [5.74, 6) is -0.978. The first-order chi connectivity index (χ1) is 12.1. The van der Waals surface area contributed by atoms with Gasteiger partial charge in [0.05, 0.1) is 5.69 Å². The van der Waals surface area contributed by atoms with Crippen molar-refractivity contribution in [3.8, 4) is 11.3 Å². The van der Waals surface area contributed by atoms with Gasteiger partial charge in [0.2, 0.25) is 0 Å². The summed E-state index contributed by atoms with van der Waals surface area (Å²) in [6.45, 7) is 8.86. The van der Waals surface area contributed by atoms with Crippen LogP contribution in [0.1, 0.15) is 40.5 Å². The highest BCUT2D eigenvalue weighted by Gasteiger charge is 2.39. The predicted octanol–water partition coefficient (Wildman–Crippen LogP) is 4.17. The minimum atomic E-state index is -0.885. The molecular weight excluding hydrogens is 334 g/mol.